The molecule has 0 aliphatic carbocycles. The van der Waals surface area contributed by atoms with Crippen LogP contribution in [0.3, 0.4) is 0 Å². The molecule has 0 amide bonds. The van der Waals surface area contributed by atoms with E-state index < -0.39 is 0 Å². The maximum atomic E-state index is 5.05. The molecule has 0 unspecified atom stereocenters. The summed E-state index contributed by atoms with van der Waals surface area (Å²) in [6, 6.07) is 0. The molecule has 0 aromatic carbocycles. The summed E-state index contributed by atoms with van der Waals surface area (Å²) in [5.41, 5.74) is 5.05. The molecule has 0 aliphatic heterocycles. The molecule has 0 rings (SSSR count). The summed E-state index contributed by atoms with van der Waals surface area (Å²) in [4.78, 5) is 1.25. The van der Waals surface area contributed by atoms with Gasteiger partial charge in [-0.25, -0.2) is 4.40 Å². The second-order valence-corrected chi connectivity index (χ2v) is 2.37. The van der Waals surface area contributed by atoms with Gasteiger partial charge in [0.15, 0.2) is 0 Å². The summed E-state index contributed by atoms with van der Waals surface area (Å²) in [6.45, 7) is 4.09. The molecule has 52 valence electrons. The largest absolute Gasteiger partial charge is 0.389 e. The average molecular weight is 144 g/mol. The molecular formula is C6H12N2S. The van der Waals surface area contributed by atoms with Gasteiger partial charge < -0.3 is 5.73 Å². The van der Waals surface area contributed by atoms with E-state index in [1.54, 1.807) is 0 Å². The Morgan fingerprint density at radius 1 is 1.78 bits per heavy atom. The summed E-state index contributed by atoms with van der Waals surface area (Å²) in [6.07, 6.45) is 4.38. The van der Waals surface area contributed by atoms with Crippen LogP contribution < -0.4 is 5.73 Å². The van der Waals surface area contributed by atoms with Gasteiger partial charge in [0.2, 0.25) is 0 Å². The molecule has 3 heteroatoms. The lowest BCUT2D eigenvalue weighted by Gasteiger charge is -1.93. The Hall–Kier alpha value is -0.440. The third kappa shape index (κ3) is 4.09. The summed E-state index contributed by atoms with van der Waals surface area (Å²) < 4.78 is 3.81. The fourth-order valence-electron chi connectivity index (χ4n) is 0.420. The first-order chi connectivity index (χ1) is 4.35. The van der Waals surface area contributed by atoms with Crippen molar-refractivity contribution in [3.8, 4) is 0 Å². The Kier molecular flexibility index (Phi) is 5.41. The van der Waals surface area contributed by atoms with Crippen molar-refractivity contribution in [2.45, 2.75) is 20.3 Å². The minimum Gasteiger partial charge on any atom is -0.389 e. The van der Waals surface area contributed by atoms with Crippen LogP contribution in [0, 0.1) is 0 Å². The SMILES string of the molecule is C/C=C(/CC)S/N=C\N. The van der Waals surface area contributed by atoms with Crippen molar-refractivity contribution in [1.29, 1.82) is 0 Å². The second kappa shape index (κ2) is 5.69. The van der Waals surface area contributed by atoms with Crippen LogP contribution in [0.1, 0.15) is 20.3 Å². The van der Waals surface area contributed by atoms with E-state index in [-0.39, 0.29) is 0 Å². The van der Waals surface area contributed by atoms with Crippen molar-refractivity contribution < 1.29 is 0 Å². The van der Waals surface area contributed by atoms with E-state index in [1.807, 2.05) is 13.0 Å². The number of nitrogens with zero attached hydrogens (tertiary/aromatic N) is 1. The van der Waals surface area contributed by atoms with Gasteiger partial charge >= 0.3 is 0 Å². The molecule has 0 spiro atoms. The van der Waals surface area contributed by atoms with E-state index in [0.717, 1.165) is 6.42 Å². The third-order valence-corrected chi connectivity index (χ3v) is 1.89. The van der Waals surface area contributed by atoms with Crippen molar-refractivity contribution in [2.24, 2.45) is 10.1 Å². The summed E-state index contributed by atoms with van der Waals surface area (Å²) in [5.74, 6) is 0. The first-order valence-electron chi connectivity index (χ1n) is 2.90. The highest BCUT2D eigenvalue weighted by Crippen LogP contribution is 2.18. The lowest BCUT2D eigenvalue weighted by atomic mass is 10.4. The molecule has 0 atom stereocenters. The Labute approximate surface area is 60.4 Å². The molecule has 0 aliphatic rings. The van der Waals surface area contributed by atoms with Crippen LogP contribution in [0.25, 0.3) is 0 Å². The van der Waals surface area contributed by atoms with Crippen LogP contribution in [-0.2, 0) is 0 Å². The highest BCUT2D eigenvalue weighted by molar-refractivity contribution is 8.01. The highest BCUT2D eigenvalue weighted by Gasteiger charge is 1.87. The van der Waals surface area contributed by atoms with Gasteiger partial charge in [0.25, 0.3) is 0 Å². The molecule has 0 saturated heterocycles. The first-order valence-corrected chi connectivity index (χ1v) is 3.68. The molecule has 0 saturated carbocycles. The van der Waals surface area contributed by atoms with Crippen LogP contribution in [0.4, 0.5) is 0 Å². The molecule has 9 heavy (non-hydrogen) atoms. The molecule has 0 bridgehead atoms. The van der Waals surface area contributed by atoms with Crippen LogP contribution >= 0.6 is 11.9 Å². The van der Waals surface area contributed by atoms with Crippen molar-refractivity contribution in [1.82, 2.24) is 0 Å². The maximum absolute atomic E-state index is 5.05. The molecule has 0 aromatic rings. The molecular weight excluding hydrogens is 132 g/mol. The van der Waals surface area contributed by atoms with Gasteiger partial charge in [0.05, 0.1) is 6.34 Å². The normalized spacial score (nSPS) is 12.9. The maximum Gasteiger partial charge on any atom is 0.0941 e. The number of hydrogen-bond acceptors (Lipinski definition) is 2. The zero-order chi connectivity index (χ0) is 7.11. The van der Waals surface area contributed by atoms with Gasteiger partial charge in [-0.2, -0.15) is 0 Å². The van der Waals surface area contributed by atoms with E-state index in [4.69, 9.17) is 5.73 Å². The number of rotatable bonds is 3. The molecule has 0 fully saturated rings. The predicted molar refractivity (Wildman–Crippen MR) is 44.3 cm³/mol. The Morgan fingerprint density at radius 2 is 2.44 bits per heavy atom. The zero-order valence-electron chi connectivity index (χ0n) is 5.79. The minimum absolute atomic E-state index is 1.03. The summed E-state index contributed by atoms with van der Waals surface area (Å²) in [5, 5.41) is 0. The standard InChI is InChI=1S/C6H12N2S/c1-3-6(4-2)9-8-5-7/h3,5H,4H2,1-2H3,(H2,7,8)/b6-3-. The fraction of sp³-hybridized carbons (Fsp3) is 0.500. The van der Waals surface area contributed by atoms with Gasteiger partial charge in [-0.3, -0.25) is 0 Å². The topological polar surface area (TPSA) is 38.4 Å². The zero-order valence-corrected chi connectivity index (χ0v) is 6.61. The Morgan fingerprint density at radius 3 is 2.78 bits per heavy atom. The van der Waals surface area contributed by atoms with Gasteiger partial charge in [-0.05, 0) is 13.3 Å². The number of hydrogen-bond donors (Lipinski definition) is 1. The van der Waals surface area contributed by atoms with E-state index in [2.05, 4.69) is 11.3 Å². The number of allylic oxidation sites excluding steroid dienone is 2. The van der Waals surface area contributed by atoms with Crippen LogP contribution in [-0.4, -0.2) is 6.34 Å². The van der Waals surface area contributed by atoms with Crippen molar-refractivity contribution >= 4 is 18.3 Å². The second-order valence-electron chi connectivity index (χ2n) is 1.45. The third-order valence-electron chi connectivity index (χ3n) is 0.901. The van der Waals surface area contributed by atoms with Crippen molar-refractivity contribution in [2.75, 3.05) is 0 Å². The van der Waals surface area contributed by atoms with Crippen LogP contribution in [0.15, 0.2) is 15.4 Å². The molecule has 0 heterocycles. The Balaban J connectivity index is 3.58. The summed E-state index contributed by atoms with van der Waals surface area (Å²) in [7, 11) is 0. The molecule has 2 N–H and O–H groups in total. The van der Waals surface area contributed by atoms with Crippen LogP contribution in [0.5, 0.6) is 0 Å². The van der Waals surface area contributed by atoms with Crippen molar-refractivity contribution in [3.05, 3.63) is 11.0 Å². The lowest BCUT2D eigenvalue weighted by Crippen LogP contribution is -1.85. The lowest BCUT2D eigenvalue weighted by molar-refractivity contribution is 1.19. The smallest absolute Gasteiger partial charge is 0.0941 e. The highest BCUT2D eigenvalue weighted by atomic mass is 32.2. The molecule has 0 radical (unpaired) electrons. The van der Waals surface area contributed by atoms with Gasteiger partial charge in [-0.15, -0.1) is 0 Å². The van der Waals surface area contributed by atoms with Crippen LogP contribution in [0.2, 0.25) is 0 Å². The predicted octanol–water partition coefficient (Wildman–Crippen LogP) is 1.94. The first kappa shape index (κ1) is 8.56. The van der Waals surface area contributed by atoms with Gasteiger partial charge in [0.1, 0.15) is 0 Å². The molecule has 0 aromatic heterocycles. The quantitative estimate of drug-likeness (QED) is 0.373. The Bertz CT molecular complexity index is 118. The fourth-order valence-corrected chi connectivity index (χ4v) is 0.850. The van der Waals surface area contributed by atoms with Gasteiger partial charge in [0, 0.05) is 16.9 Å². The van der Waals surface area contributed by atoms with Crippen molar-refractivity contribution in [3.63, 3.8) is 0 Å². The molecule has 2 nitrogen and oxygen atoms in total. The van der Waals surface area contributed by atoms with E-state index in [1.165, 1.54) is 23.2 Å². The summed E-state index contributed by atoms with van der Waals surface area (Å²) >= 11 is 1.43. The average Bonchev–Trinajstić information content (AvgIpc) is 1.91. The van der Waals surface area contributed by atoms with E-state index in [9.17, 15) is 0 Å². The van der Waals surface area contributed by atoms with E-state index in [0.29, 0.717) is 0 Å². The minimum atomic E-state index is 1.03. The van der Waals surface area contributed by atoms with Gasteiger partial charge in [-0.1, -0.05) is 13.0 Å². The number of nitrogens with two attached hydrogens (primary N) is 1. The van der Waals surface area contributed by atoms with E-state index >= 15 is 0 Å². The monoisotopic (exact) mass is 144 g/mol.